The number of nitrogens with one attached hydrogen (secondary N) is 1. The predicted octanol–water partition coefficient (Wildman–Crippen LogP) is 2.78. The maximum atomic E-state index is 12.0. The summed E-state index contributed by atoms with van der Waals surface area (Å²) in [7, 11) is 0. The summed E-state index contributed by atoms with van der Waals surface area (Å²) in [6, 6.07) is 8.26. The zero-order valence-electron chi connectivity index (χ0n) is 9.41. The van der Waals surface area contributed by atoms with Gasteiger partial charge in [-0.15, -0.1) is 0 Å². The Balaban J connectivity index is 1.59. The fourth-order valence-corrected chi connectivity index (χ4v) is 2.42. The van der Waals surface area contributed by atoms with Gasteiger partial charge in [0.25, 0.3) is 0 Å². The molecule has 0 spiro atoms. The molecule has 0 bridgehead atoms. The summed E-state index contributed by atoms with van der Waals surface area (Å²) in [5.41, 5.74) is 2.43. The first-order valence-corrected chi connectivity index (χ1v) is 6.20. The Morgan fingerprint density at radius 1 is 1.31 bits per heavy atom. The first kappa shape index (κ1) is 9.88. The number of carbonyl (C=O) groups is 1. The lowest BCUT2D eigenvalue weighted by Crippen LogP contribution is -2.26. The molecule has 0 radical (unpaired) electrons. The Morgan fingerprint density at radius 2 is 2.12 bits per heavy atom. The number of rotatable bonds is 4. The summed E-state index contributed by atoms with van der Waals surface area (Å²) < 4.78 is 0. The zero-order chi connectivity index (χ0) is 11.0. The van der Waals surface area contributed by atoms with E-state index in [0.717, 1.165) is 30.9 Å². The molecular weight excluding hydrogens is 198 g/mol. The highest BCUT2D eigenvalue weighted by Gasteiger charge is 2.28. The van der Waals surface area contributed by atoms with Gasteiger partial charge in [0.2, 0.25) is 0 Å². The minimum atomic E-state index is 0.0381. The van der Waals surface area contributed by atoms with E-state index >= 15 is 0 Å². The van der Waals surface area contributed by atoms with Gasteiger partial charge in [-0.3, -0.25) is 4.79 Å². The summed E-state index contributed by atoms with van der Waals surface area (Å²) in [6.45, 7) is 0. The molecule has 0 aromatic heterocycles. The number of carbonyl (C=O) groups excluding carboxylic acids is 1. The number of fused-ring (bicyclic) bond motifs is 1. The highest BCUT2D eigenvalue weighted by atomic mass is 16.1. The molecule has 1 aromatic carbocycles. The minimum Gasteiger partial charge on any atom is -0.375 e. The van der Waals surface area contributed by atoms with Crippen LogP contribution in [-0.2, 0) is 11.2 Å². The van der Waals surface area contributed by atoms with E-state index in [1.807, 2.05) is 12.1 Å². The Morgan fingerprint density at radius 3 is 2.88 bits per heavy atom. The van der Waals surface area contributed by atoms with Crippen LogP contribution in [0.15, 0.2) is 24.3 Å². The third-order valence-corrected chi connectivity index (χ3v) is 3.66. The number of anilines is 1. The van der Waals surface area contributed by atoms with Crippen LogP contribution in [0, 0.1) is 5.92 Å². The van der Waals surface area contributed by atoms with Crippen molar-refractivity contribution in [2.75, 3.05) is 5.32 Å². The smallest absolute Gasteiger partial charge is 0.155 e. The Kier molecular flexibility index (Phi) is 2.43. The van der Waals surface area contributed by atoms with E-state index in [2.05, 4.69) is 17.4 Å². The van der Waals surface area contributed by atoms with Crippen molar-refractivity contribution in [3.63, 3.8) is 0 Å². The minimum absolute atomic E-state index is 0.0381. The van der Waals surface area contributed by atoms with Gasteiger partial charge in [0.05, 0.1) is 6.04 Å². The molecule has 1 aliphatic carbocycles. The lowest BCUT2D eigenvalue weighted by molar-refractivity contribution is -0.119. The molecule has 2 aliphatic rings. The molecule has 2 heteroatoms. The molecule has 1 N–H and O–H groups in total. The standard InChI is InChI=1S/C14H17NO/c16-14(8-7-10-5-6-10)13-9-11-3-1-2-4-12(11)15-13/h1-4,10,13,15H,5-9H2. The van der Waals surface area contributed by atoms with Crippen molar-refractivity contribution in [2.24, 2.45) is 5.92 Å². The van der Waals surface area contributed by atoms with Crippen LogP contribution in [0.4, 0.5) is 5.69 Å². The lowest BCUT2D eigenvalue weighted by Gasteiger charge is -2.09. The number of hydrogen-bond acceptors (Lipinski definition) is 2. The first-order valence-electron chi connectivity index (χ1n) is 6.20. The second-order valence-electron chi connectivity index (χ2n) is 5.01. The van der Waals surface area contributed by atoms with Crippen molar-refractivity contribution in [1.29, 1.82) is 0 Å². The second-order valence-corrected chi connectivity index (χ2v) is 5.01. The summed E-state index contributed by atoms with van der Waals surface area (Å²) in [4.78, 5) is 12.0. The van der Waals surface area contributed by atoms with Crippen molar-refractivity contribution in [3.8, 4) is 0 Å². The number of ketones is 1. The van der Waals surface area contributed by atoms with Crippen molar-refractivity contribution < 1.29 is 4.79 Å². The monoisotopic (exact) mass is 215 g/mol. The van der Waals surface area contributed by atoms with Crippen molar-refractivity contribution in [1.82, 2.24) is 0 Å². The third-order valence-electron chi connectivity index (χ3n) is 3.66. The average molecular weight is 215 g/mol. The zero-order valence-corrected chi connectivity index (χ0v) is 9.41. The van der Waals surface area contributed by atoms with Crippen LogP contribution in [0.1, 0.15) is 31.2 Å². The van der Waals surface area contributed by atoms with Crippen molar-refractivity contribution in [2.45, 2.75) is 38.1 Å². The van der Waals surface area contributed by atoms with Gasteiger partial charge in [0.15, 0.2) is 5.78 Å². The molecule has 1 heterocycles. The van der Waals surface area contributed by atoms with E-state index in [-0.39, 0.29) is 6.04 Å². The van der Waals surface area contributed by atoms with Crippen molar-refractivity contribution >= 4 is 11.5 Å². The number of para-hydroxylation sites is 1. The van der Waals surface area contributed by atoms with Crippen LogP contribution in [-0.4, -0.2) is 11.8 Å². The quantitative estimate of drug-likeness (QED) is 0.836. The van der Waals surface area contributed by atoms with E-state index in [1.165, 1.54) is 18.4 Å². The number of benzene rings is 1. The molecule has 84 valence electrons. The van der Waals surface area contributed by atoms with Gasteiger partial charge < -0.3 is 5.32 Å². The van der Waals surface area contributed by atoms with Gasteiger partial charge in [-0.25, -0.2) is 0 Å². The predicted molar refractivity (Wildman–Crippen MR) is 64.5 cm³/mol. The Hall–Kier alpha value is -1.31. The number of Topliss-reactive ketones (excluding diaryl/α,β-unsaturated/α-hetero) is 1. The van der Waals surface area contributed by atoms with Gasteiger partial charge in [-0.2, -0.15) is 0 Å². The van der Waals surface area contributed by atoms with Gasteiger partial charge in [-0.1, -0.05) is 31.0 Å². The van der Waals surface area contributed by atoms with E-state index in [0.29, 0.717) is 5.78 Å². The number of hydrogen-bond donors (Lipinski definition) is 1. The maximum absolute atomic E-state index is 12.0. The fourth-order valence-electron chi connectivity index (χ4n) is 2.42. The van der Waals surface area contributed by atoms with Gasteiger partial charge in [0, 0.05) is 18.5 Å². The maximum Gasteiger partial charge on any atom is 0.155 e. The van der Waals surface area contributed by atoms with E-state index in [4.69, 9.17) is 0 Å². The van der Waals surface area contributed by atoms with E-state index in [9.17, 15) is 4.79 Å². The molecule has 1 aromatic rings. The van der Waals surface area contributed by atoms with Crippen LogP contribution in [0.25, 0.3) is 0 Å². The van der Waals surface area contributed by atoms with E-state index in [1.54, 1.807) is 0 Å². The lowest BCUT2D eigenvalue weighted by atomic mass is 10.0. The highest BCUT2D eigenvalue weighted by molar-refractivity contribution is 5.89. The molecule has 1 unspecified atom stereocenters. The first-order chi connectivity index (χ1) is 7.83. The molecule has 0 amide bonds. The van der Waals surface area contributed by atoms with Gasteiger partial charge >= 0.3 is 0 Å². The van der Waals surface area contributed by atoms with Crippen LogP contribution in [0.2, 0.25) is 0 Å². The van der Waals surface area contributed by atoms with E-state index < -0.39 is 0 Å². The van der Waals surface area contributed by atoms with Crippen LogP contribution >= 0.6 is 0 Å². The average Bonchev–Trinajstić information content (AvgIpc) is 3.02. The topological polar surface area (TPSA) is 29.1 Å². The van der Waals surface area contributed by atoms with Gasteiger partial charge in [0.1, 0.15) is 0 Å². The third kappa shape index (κ3) is 1.97. The largest absolute Gasteiger partial charge is 0.375 e. The summed E-state index contributed by atoms with van der Waals surface area (Å²) in [6.07, 6.45) is 5.42. The Bertz CT molecular complexity index is 384. The molecule has 2 nitrogen and oxygen atoms in total. The molecular formula is C14H17NO. The highest BCUT2D eigenvalue weighted by Crippen LogP contribution is 2.34. The van der Waals surface area contributed by atoms with Crippen LogP contribution in [0.3, 0.4) is 0 Å². The molecule has 1 fully saturated rings. The van der Waals surface area contributed by atoms with Crippen LogP contribution in [0.5, 0.6) is 0 Å². The summed E-state index contributed by atoms with van der Waals surface area (Å²) >= 11 is 0. The summed E-state index contributed by atoms with van der Waals surface area (Å²) in [5, 5.41) is 3.33. The second kappa shape index (κ2) is 3.93. The molecule has 1 saturated carbocycles. The molecule has 1 aliphatic heterocycles. The molecule has 16 heavy (non-hydrogen) atoms. The fraction of sp³-hybridized carbons (Fsp3) is 0.500. The molecule has 0 saturated heterocycles. The Labute approximate surface area is 96.1 Å². The SMILES string of the molecule is O=C(CCC1CC1)C1Cc2ccccc2N1. The van der Waals surface area contributed by atoms with Gasteiger partial charge in [-0.05, 0) is 24.0 Å². The van der Waals surface area contributed by atoms with Crippen LogP contribution < -0.4 is 5.32 Å². The molecule has 3 rings (SSSR count). The van der Waals surface area contributed by atoms with Crippen molar-refractivity contribution in [3.05, 3.63) is 29.8 Å². The normalized spacial score (nSPS) is 22.6. The molecule has 1 atom stereocenters. The summed E-state index contributed by atoms with van der Waals surface area (Å²) in [5.74, 6) is 1.25.